The Morgan fingerprint density at radius 1 is 0.826 bits per heavy atom. The maximum atomic E-state index is 12.2. The molecule has 0 aliphatic rings. The molecule has 0 unspecified atom stereocenters. The fourth-order valence-corrected chi connectivity index (χ4v) is 2.11. The third-order valence-corrected chi connectivity index (χ3v) is 3.41. The summed E-state index contributed by atoms with van der Waals surface area (Å²) in [5, 5.41) is 5.28. The Morgan fingerprint density at radius 3 is 1.96 bits per heavy atom. The molecule has 0 aromatic heterocycles. The fourth-order valence-electron chi connectivity index (χ4n) is 2.11. The van der Waals surface area contributed by atoms with Crippen molar-refractivity contribution in [3.63, 3.8) is 0 Å². The van der Waals surface area contributed by atoms with Crippen LogP contribution in [-0.4, -0.2) is 17.6 Å². The highest BCUT2D eigenvalue weighted by molar-refractivity contribution is 6.46. The van der Waals surface area contributed by atoms with Gasteiger partial charge in [-0.05, 0) is 31.5 Å². The van der Waals surface area contributed by atoms with E-state index in [4.69, 9.17) is 0 Å². The molecule has 0 heterocycles. The van der Waals surface area contributed by atoms with Crippen LogP contribution in [0, 0.1) is 13.8 Å². The smallest absolute Gasteiger partial charge is 0.296 e. The molecule has 118 valence electrons. The predicted octanol–water partition coefficient (Wildman–Crippen LogP) is 3.08. The lowest BCUT2D eigenvalue weighted by Gasteiger charge is -2.12. The summed E-state index contributed by atoms with van der Waals surface area (Å²) in [5.74, 6) is -1.52. The number of carbonyl (C=O) groups excluding carboxylic acids is 3. The van der Waals surface area contributed by atoms with Crippen LogP contribution in [0.5, 0.6) is 0 Å². The van der Waals surface area contributed by atoms with Gasteiger partial charge in [-0.2, -0.15) is 0 Å². The van der Waals surface area contributed by atoms with E-state index in [1.54, 1.807) is 49.4 Å². The molecular formula is C18H18N2O3. The minimum Gasteiger partial charge on any atom is -0.326 e. The molecule has 2 aromatic rings. The number of rotatable bonds is 4. The SMILES string of the molecule is CC(=O)Nc1cccc(NC(=O)C(=O)c2ccc(C)cc2)c1C. The molecule has 0 fully saturated rings. The summed E-state index contributed by atoms with van der Waals surface area (Å²) in [6.07, 6.45) is 0. The first-order valence-corrected chi connectivity index (χ1v) is 7.18. The minimum atomic E-state index is -0.711. The highest BCUT2D eigenvalue weighted by Crippen LogP contribution is 2.23. The van der Waals surface area contributed by atoms with Crippen molar-refractivity contribution in [2.24, 2.45) is 0 Å². The second kappa shape index (κ2) is 6.87. The van der Waals surface area contributed by atoms with Crippen LogP contribution in [0.15, 0.2) is 42.5 Å². The number of carbonyl (C=O) groups is 3. The van der Waals surface area contributed by atoms with Gasteiger partial charge in [0, 0.05) is 23.9 Å². The predicted molar refractivity (Wildman–Crippen MR) is 89.6 cm³/mol. The van der Waals surface area contributed by atoms with Gasteiger partial charge in [0.15, 0.2) is 0 Å². The third kappa shape index (κ3) is 4.03. The van der Waals surface area contributed by atoms with Gasteiger partial charge < -0.3 is 10.6 Å². The van der Waals surface area contributed by atoms with E-state index in [2.05, 4.69) is 10.6 Å². The first-order chi connectivity index (χ1) is 10.9. The number of hydrogen-bond acceptors (Lipinski definition) is 3. The highest BCUT2D eigenvalue weighted by atomic mass is 16.2. The summed E-state index contributed by atoms with van der Waals surface area (Å²) in [7, 11) is 0. The van der Waals surface area contributed by atoms with E-state index in [1.165, 1.54) is 6.92 Å². The van der Waals surface area contributed by atoms with Crippen molar-refractivity contribution in [2.45, 2.75) is 20.8 Å². The van der Waals surface area contributed by atoms with Gasteiger partial charge in [0.05, 0.1) is 0 Å². The molecule has 0 spiro atoms. The molecule has 23 heavy (non-hydrogen) atoms. The van der Waals surface area contributed by atoms with E-state index in [0.29, 0.717) is 22.5 Å². The average molecular weight is 310 g/mol. The van der Waals surface area contributed by atoms with E-state index >= 15 is 0 Å². The Morgan fingerprint density at radius 2 is 1.39 bits per heavy atom. The Bertz CT molecular complexity index is 764. The zero-order valence-corrected chi connectivity index (χ0v) is 13.3. The van der Waals surface area contributed by atoms with Crippen LogP contribution in [-0.2, 0) is 9.59 Å². The second-order valence-electron chi connectivity index (χ2n) is 5.31. The van der Waals surface area contributed by atoms with Crippen molar-refractivity contribution in [2.75, 3.05) is 10.6 Å². The number of amides is 2. The summed E-state index contributed by atoms with van der Waals surface area (Å²) in [6.45, 7) is 5.08. The Kier molecular flexibility index (Phi) is 4.91. The average Bonchev–Trinajstić information content (AvgIpc) is 2.51. The minimum absolute atomic E-state index is 0.202. The van der Waals surface area contributed by atoms with Crippen molar-refractivity contribution in [3.8, 4) is 0 Å². The summed E-state index contributed by atoms with van der Waals surface area (Å²) in [4.78, 5) is 35.5. The molecule has 0 saturated heterocycles. The zero-order chi connectivity index (χ0) is 17.0. The Hall–Kier alpha value is -2.95. The number of nitrogens with one attached hydrogen (secondary N) is 2. The maximum absolute atomic E-state index is 12.2. The van der Waals surface area contributed by atoms with E-state index in [-0.39, 0.29) is 5.91 Å². The van der Waals surface area contributed by atoms with Crippen LogP contribution >= 0.6 is 0 Å². The van der Waals surface area contributed by atoms with Crippen molar-refractivity contribution >= 4 is 29.0 Å². The largest absolute Gasteiger partial charge is 0.326 e. The molecule has 0 bridgehead atoms. The lowest BCUT2D eigenvalue weighted by Crippen LogP contribution is -2.23. The quantitative estimate of drug-likeness (QED) is 0.673. The number of ketones is 1. The lowest BCUT2D eigenvalue weighted by molar-refractivity contribution is -0.114. The Balaban J connectivity index is 2.18. The molecule has 2 rings (SSSR count). The summed E-state index contributed by atoms with van der Waals surface area (Å²) in [5.41, 5.74) is 3.12. The molecule has 5 nitrogen and oxygen atoms in total. The number of hydrogen-bond donors (Lipinski definition) is 2. The van der Waals surface area contributed by atoms with Crippen molar-refractivity contribution in [1.82, 2.24) is 0 Å². The second-order valence-corrected chi connectivity index (χ2v) is 5.31. The van der Waals surface area contributed by atoms with Crippen LogP contribution in [0.3, 0.4) is 0 Å². The van der Waals surface area contributed by atoms with Gasteiger partial charge in [0.1, 0.15) is 0 Å². The molecule has 0 radical (unpaired) electrons. The molecule has 0 atom stereocenters. The number of aryl methyl sites for hydroxylation is 1. The first kappa shape index (κ1) is 16.4. The van der Waals surface area contributed by atoms with Crippen LogP contribution in [0.2, 0.25) is 0 Å². The monoisotopic (exact) mass is 310 g/mol. The van der Waals surface area contributed by atoms with Gasteiger partial charge in [0.25, 0.3) is 11.7 Å². The van der Waals surface area contributed by atoms with Gasteiger partial charge in [-0.15, -0.1) is 0 Å². The maximum Gasteiger partial charge on any atom is 0.296 e. The fraction of sp³-hybridized carbons (Fsp3) is 0.167. The number of Topliss-reactive ketones (excluding diaryl/α,β-unsaturated/α-hetero) is 1. The Labute approximate surface area is 134 Å². The summed E-state index contributed by atoms with van der Waals surface area (Å²) >= 11 is 0. The van der Waals surface area contributed by atoms with Gasteiger partial charge in [-0.1, -0.05) is 35.9 Å². The summed E-state index contributed by atoms with van der Waals surface area (Å²) < 4.78 is 0. The van der Waals surface area contributed by atoms with E-state index in [1.807, 2.05) is 6.92 Å². The molecular weight excluding hydrogens is 292 g/mol. The van der Waals surface area contributed by atoms with Crippen LogP contribution in [0.1, 0.15) is 28.4 Å². The van der Waals surface area contributed by atoms with Crippen molar-refractivity contribution < 1.29 is 14.4 Å². The van der Waals surface area contributed by atoms with Gasteiger partial charge in [-0.25, -0.2) is 0 Å². The first-order valence-electron chi connectivity index (χ1n) is 7.18. The van der Waals surface area contributed by atoms with Crippen molar-refractivity contribution in [3.05, 3.63) is 59.2 Å². The molecule has 0 aliphatic heterocycles. The van der Waals surface area contributed by atoms with Gasteiger partial charge >= 0.3 is 0 Å². The lowest BCUT2D eigenvalue weighted by atomic mass is 10.1. The highest BCUT2D eigenvalue weighted by Gasteiger charge is 2.17. The summed E-state index contributed by atoms with van der Waals surface area (Å²) in [6, 6.07) is 11.9. The van der Waals surface area contributed by atoms with Crippen LogP contribution in [0.4, 0.5) is 11.4 Å². The molecule has 5 heteroatoms. The topological polar surface area (TPSA) is 75.3 Å². The molecule has 2 aromatic carbocycles. The standard InChI is InChI=1S/C18H18N2O3/c1-11-7-9-14(10-8-11)17(22)18(23)20-16-6-4-5-15(12(16)2)19-13(3)21/h4-10H,1-3H3,(H,19,21)(H,20,23). The molecule has 2 amide bonds. The molecule has 2 N–H and O–H groups in total. The number of benzene rings is 2. The van der Waals surface area contributed by atoms with Crippen LogP contribution in [0.25, 0.3) is 0 Å². The van der Waals surface area contributed by atoms with E-state index in [9.17, 15) is 14.4 Å². The van der Waals surface area contributed by atoms with Gasteiger partial charge in [-0.3, -0.25) is 14.4 Å². The normalized spacial score (nSPS) is 10.0. The number of anilines is 2. The van der Waals surface area contributed by atoms with Gasteiger partial charge in [0.2, 0.25) is 5.91 Å². The third-order valence-electron chi connectivity index (χ3n) is 3.41. The molecule has 0 saturated carbocycles. The zero-order valence-electron chi connectivity index (χ0n) is 13.3. The molecule has 0 aliphatic carbocycles. The van der Waals surface area contributed by atoms with E-state index < -0.39 is 11.7 Å². The van der Waals surface area contributed by atoms with E-state index in [0.717, 1.165) is 5.56 Å². The van der Waals surface area contributed by atoms with Crippen LogP contribution < -0.4 is 10.6 Å². The van der Waals surface area contributed by atoms with Crippen molar-refractivity contribution in [1.29, 1.82) is 0 Å².